The second-order valence-corrected chi connectivity index (χ2v) is 6.43. The van der Waals surface area contributed by atoms with Crippen molar-refractivity contribution in [2.24, 2.45) is 11.7 Å². The first kappa shape index (κ1) is 19.9. The van der Waals surface area contributed by atoms with E-state index in [1.54, 1.807) is 0 Å². The molecule has 0 spiro atoms. The minimum Gasteiger partial charge on any atom is -0.351 e. The molecular formula is C20H25ClN4O. The first-order valence-electron chi connectivity index (χ1n) is 8.66. The van der Waals surface area contributed by atoms with Crippen LogP contribution in [0.25, 0.3) is 22.4 Å². The third-order valence-electron chi connectivity index (χ3n) is 4.64. The van der Waals surface area contributed by atoms with E-state index in [1.165, 1.54) is 0 Å². The van der Waals surface area contributed by atoms with Crippen LogP contribution >= 0.6 is 12.4 Å². The number of carbonyl (C=O) groups is 1. The fourth-order valence-electron chi connectivity index (χ4n) is 2.69. The fourth-order valence-corrected chi connectivity index (χ4v) is 2.69. The Kier molecular flexibility index (Phi) is 6.77. The van der Waals surface area contributed by atoms with E-state index < -0.39 is 6.04 Å². The van der Waals surface area contributed by atoms with Crippen molar-refractivity contribution >= 4 is 29.3 Å². The lowest BCUT2D eigenvalue weighted by Gasteiger charge is -2.17. The maximum Gasteiger partial charge on any atom is 0.237 e. The Bertz CT molecular complexity index is 827. The first-order valence-corrected chi connectivity index (χ1v) is 8.66. The molecule has 0 fully saturated rings. The Morgan fingerprint density at radius 3 is 2.54 bits per heavy atom. The normalized spacial score (nSPS) is 13.0. The number of hydrogen-bond acceptors (Lipinski definition) is 3. The van der Waals surface area contributed by atoms with Gasteiger partial charge in [0.2, 0.25) is 5.91 Å². The number of benzene rings is 2. The monoisotopic (exact) mass is 372 g/mol. The van der Waals surface area contributed by atoms with E-state index in [2.05, 4.69) is 15.3 Å². The summed E-state index contributed by atoms with van der Waals surface area (Å²) in [6, 6.07) is 15.5. The van der Waals surface area contributed by atoms with Crippen molar-refractivity contribution in [1.82, 2.24) is 15.3 Å². The summed E-state index contributed by atoms with van der Waals surface area (Å²) in [7, 11) is 0. The Hall–Kier alpha value is -2.37. The van der Waals surface area contributed by atoms with E-state index in [4.69, 9.17) is 5.73 Å². The van der Waals surface area contributed by atoms with Crippen molar-refractivity contribution in [3.63, 3.8) is 0 Å². The summed E-state index contributed by atoms with van der Waals surface area (Å²) in [6.07, 6.45) is 0.890. The van der Waals surface area contributed by atoms with Gasteiger partial charge in [0, 0.05) is 12.1 Å². The van der Waals surface area contributed by atoms with Crippen LogP contribution in [0.3, 0.4) is 0 Å². The zero-order valence-corrected chi connectivity index (χ0v) is 15.8. The number of aromatic nitrogens is 2. The van der Waals surface area contributed by atoms with Gasteiger partial charge >= 0.3 is 0 Å². The predicted octanol–water partition coefficient (Wildman–Crippen LogP) is 3.64. The molecule has 1 amide bonds. The van der Waals surface area contributed by atoms with Crippen molar-refractivity contribution in [3.05, 3.63) is 54.1 Å². The number of imidazole rings is 1. The summed E-state index contributed by atoms with van der Waals surface area (Å²) < 4.78 is 0. The first-order chi connectivity index (χ1) is 12.1. The molecule has 0 saturated carbocycles. The summed E-state index contributed by atoms with van der Waals surface area (Å²) in [5, 5.41) is 2.91. The fraction of sp³-hybridized carbons (Fsp3) is 0.300. The molecule has 2 atom stereocenters. The molecule has 0 aliphatic rings. The number of para-hydroxylation sites is 2. The van der Waals surface area contributed by atoms with Crippen molar-refractivity contribution in [1.29, 1.82) is 0 Å². The number of H-pyrrole nitrogens is 1. The van der Waals surface area contributed by atoms with Gasteiger partial charge in [0.1, 0.15) is 5.82 Å². The largest absolute Gasteiger partial charge is 0.351 e. The van der Waals surface area contributed by atoms with Gasteiger partial charge in [0.05, 0.1) is 17.1 Å². The van der Waals surface area contributed by atoms with Crippen molar-refractivity contribution in [2.45, 2.75) is 32.9 Å². The highest BCUT2D eigenvalue weighted by Gasteiger charge is 2.18. The summed E-state index contributed by atoms with van der Waals surface area (Å²) in [6.45, 7) is 4.50. The van der Waals surface area contributed by atoms with Crippen LogP contribution < -0.4 is 11.1 Å². The van der Waals surface area contributed by atoms with Gasteiger partial charge < -0.3 is 16.0 Å². The minimum absolute atomic E-state index is 0. The van der Waals surface area contributed by atoms with Crippen LogP contribution in [-0.2, 0) is 11.3 Å². The molecule has 0 bridgehead atoms. The van der Waals surface area contributed by atoms with E-state index >= 15 is 0 Å². The van der Waals surface area contributed by atoms with Crippen LogP contribution in [0.4, 0.5) is 0 Å². The van der Waals surface area contributed by atoms with Crippen LogP contribution in [0.2, 0.25) is 0 Å². The number of halogens is 1. The molecule has 0 saturated heterocycles. The molecular weight excluding hydrogens is 348 g/mol. The SMILES string of the molecule is CCC(C)C(N)C(=O)NCc1ccc(-c2nc3ccccc3[nH]2)cc1.Cl. The van der Waals surface area contributed by atoms with Crippen molar-refractivity contribution in [2.75, 3.05) is 0 Å². The summed E-state index contributed by atoms with van der Waals surface area (Å²) in [5.74, 6) is 0.918. The number of carbonyl (C=O) groups excluding carboxylic acids is 1. The second-order valence-electron chi connectivity index (χ2n) is 6.43. The van der Waals surface area contributed by atoms with Gasteiger partial charge in [-0.2, -0.15) is 0 Å². The van der Waals surface area contributed by atoms with Gasteiger partial charge in [-0.3, -0.25) is 4.79 Å². The van der Waals surface area contributed by atoms with Gasteiger partial charge in [0.15, 0.2) is 0 Å². The van der Waals surface area contributed by atoms with Crippen molar-refractivity contribution in [3.8, 4) is 11.4 Å². The Balaban J connectivity index is 0.00000243. The molecule has 5 nitrogen and oxygen atoms in total. The lowest BCUT2D eigenvalue weighted by Crippen LogP contribution is -2.44. The van der Waals surface area contributed by atoms with Gasteiger partial charge in [-0.1, -0.05) is 56.7 Å². The molecule has 2 unspecified atom stereocenters. The van der Waals surface area contributed by atoms with Crippen molar-refractivity contribution < 1.29 is 4.79 Å². The van der Waals surface area contributed by atoms with E-state index in [9.17, 15) is 4.79 Å². The number of fused-ring (bicyclic) bond motifs is 1. The van der Waals surface area contributed by atoms with E-state index in [0.29, 0.717) is 6.54 Å². The van der Waals surface area contributed by atoms with Gasteiger partial charge in [0.25, 0.3) is 0 Å². The van der Waals surface area contributed by atoms with E-state index in [1.807, 2.05) is 62.4 Å². The molecule has 138 valence electrons. The highest BCUT2D eigenvalue weighted by atomic mass is 35.5. The Morgan fingerprint density at radius 2 is 1.88 bits per heavy atom. The Morgan fingerprint density at radius 1 is 1.19 bits per heavy atom. The lowest BCUT2D eigenvalue weighted by molar-refractivity contribution is -0.123. The van der Waals surface area contributed by atoms with Crippen LogP contribution in [0.5, 0.6) is 0 Å². The van der Waals surface area contributed by atoms with Crippen LogP contribution in [-0.4, -0.2) is 21.9 Å². The highest BCUT2D eigenvalue weighted by molar-refractivity contribution is 5.85. The highest BCUT2D eigenvalue weighted by Crippen LogP contribution is 2.20. The topological polar surface area (TPSA) is 83.8 Å². The molecule has 1 heterocycles. The lowest BCUT2D eigenvalue weighted by atomic mass is 9.99. The van der Waals surface area contributed by atoms with Gasteiger partial charge in [-0.25, -0.2) is 4.98 Å². The zero-order chi connectivity index (χ0) is 17.8. The maximum absolute atomic E-state index is 12.1. The Labute approximate surface area is 159 Å². The number of nitrogens with one attached hydrogen (secondary N) is 2. The smallest absolute Gasteiger partial charge is 0.237 e. The third kappa shape index (κ3) is 4.42. The maximum atomic E-state index is 12.1. The number of hydrogen-bond donors (Lipinski definition) is 3. The zero-order valence-electron chi connectivity index (χ0n) is 15.0. The number of nitrogens with zero attached hydrogens (tertiary/aromatic N) is 1. The van der Waals surface area contributed by atoms with Gasteiger partial charge in [-0.05, 0) is 23.6 Å². The molecule has 3 aromatic rings. The predicted molar refractivity (Wildman–Crippen MR) is 108 cm³/mol. The summed E-state index contributed by atoms with van der Waals surface area (Å²) in [5.41, 5.74) is 9.97. The average molecular weight is 373 g/mol. The molecule has 0 aliphatic carbocycles. The van der Waals surface area contributed by atoms with Crippen LogP contribution in [0.15, 0.2) is 48.5 Å². The summed E-state index contributed by atoms with van der Waals surface area (Å²) in [4.78, 5) is 20.0. The van der Waals surface area contributed by atoms with Crippen LogP contribution in [0.1, 0.15) is 25.8 Å². The molecule has 6 heteroatoms. The molecule has 1 aromatic heterocycles. The number of rotatable bonds is 6. The average Bonchev–Trinajstić information content (AvgIpc) is 3.09. The van der Waals surface area contributed by atoms with Gasteiger partial charge in [-0.15, -0.1) is 12.4 Å². The number of amides is 1. The van der Waals surface area contributed by atoms with E-state index in [0.717, 1.165) is 34.4 Å². The molecule has 4 N–H and O–H groups in total. The third-order valence-corrected chi connectivity index (χ3v) is 4.64. The standard InChI is InChI=1S/C20H24N4O.ClH/c1-3-13(2)18(21)20(25)22-12-14-8-10-15(11-9-14)19-23-16-6-4-5-7-17(16)24-19;/h4-11,13,18H,3,12,21H2,1-2H3,(H,22,25)(H,23,24);1H. The molecule has 2 aromatic carbocycles. The number of aromatic amines is 1. The molecule has 0 radical (unpaired) electrons. The van der Waals surface area contributed by atoms with Crippen LogP contribution in [0, 0.1) is 5.92 Å². The summed E-state index contributed by atoms with van der Waals surface area (Å²) >= 11 is 0. The minimum atomic E-state index is -0.458. The molecule has 26 heavy (non-hydrogen) atoms. The molecule has 0 aliphatic heterocycles. The van der Waals surface area contributed by atoms with E-state index in [-0.39, 0.29) is 24.2 Å². The quantitative estimate of drug-likeness (QED) is 0.617. The second kappa shape index (κ2) is 8.83. The number of nitrogens with two attached hydrogens (primary N) is 1. The molecule has 3 rings (SSSR count).